The van der Waals surface area contributed by atoms with Gasteiger partial charge in [0.15, 0.2) is 0 Å². The average molecular weight is 240 g/mol. The second kappa shape index (κ2) is 5.14. The third-order valence-electron chi connectivity index (χ3n) is 3.59. The van der Waals surface area contributed by atoms with E-state index in [1.54, 1.807) is 0 Å². The predicted octanol–water partition coefficient (Wildman–Crippen LogP) is -0.287. The van der Waals surface area contributed by atoms with Gasteiger partial charge in [-0.05, 0) is 32.1 Å². The first-order valence-electron chi connectivity index (χ1n) is 6.34. The van der Waals surface area contributed by atoms with Gasteiger partial charge in [-0.1, -0.05) is 0 Å². The van der Waals surface area contributed by atoms with Crippen LogP contribution < -0.4 is 11.1 Å². The lowest BCUT2D eigenvalue weighted by atomic mass is 9.94. The zero-order chi connectivity index (χ0) is 12.4. The summed E-state index contributed by atoms with van der Waals surface area (Å²) in [6.45, 7) is 0. The molecule has 0 aliphatic heterocycles. The Morgan fingerprint density at radius 2 is 2.18 bits per heavy atom. The molecule has 0 bridgehead atoms. The Morgan fingerprint density at radius 1 is 1.47 bits per heavy atom. The summed E-state index contributed by atoms with van der Waals surface area (Å²) >= 11 is 0. The van der Waals surface area contributed by atoms with E-state index in [0.717, 1.165) is 25.7 Å². The van der Waals surface area contributed by atoms with Gasteiger partial charge in [-0.3, -0.25) is 9.59 Å². The van der Waals surface area contributed by atoms with Crippen LogP contribution in [0.3, 0.4) is 0 Å². The standard InChI is InChI=1S/C12H20N2O3/c13-9(6-7-2-1-3-10(7)15)11(16)12(17)14-8-4-5-8/h7-9,11,16H,1-6,13H2,(H,14,17)/t7-,9-,11?/m0/s1. The summed E-state index contributed by atoms with van der Waals surface area (Å²) in [6.07, 6.45) is 3.54. The van der Waals surface area contributed by atoms with Crippen molar-refractivity contribution in [3.05, 3.63) is 0 Å². The SMILES string of the molecule is N[C@@H](C[C@@H]1CCCC1=O)C(O)C(=O)NC1CC1. The molecule has 0 heterocycles. The highest BCUT2D eigenvalue weighted by molar-refractivity contribution is 5.84. The van der Waals surface area contributed by atoms with E-state index in [-0.39, 0.29) is 17.7 Å². The van der Waals surface area contributed by atoms with Gasteiger partial charge in [0.05, 0.1) is 0 Å². The molecule has 0 aromatic rings. The fraction of sp³-hybridized carbons (Fsp3) is 0.833. The van der Waals surface area contributed by atoms with E-state index in [1.807, 2.05) is 0 Å². The minimum atomic E-state index is -1.19. The Bertz CT molecular complexity index is 315. The summed E-state index contributed by atoms with van der Waals surface area (Å²) in [5, 5.41) is 12.5. The zero-order valence-corrected chi connectivity index (χ0v) is 9.89. The number of Topliss-reactive ketones (excluding diaryl/α,β-unsaturated/α-hetero) is 1. The number of hydrogen-bond acceptors (Lipinski definition) is 4. The summed E-state index contributed by atoms with van der Waals surface area (Å²) in [7, 11) is 0. The first kappa shape index (κ1) is 12.5. The van der Waals surface area contributed by atoms with E-state index < -0.39 is 18.1 Å². The van der Waals surface area contributed by atoms with Gasteiger partial charge in [0.1, 0.15) is 11.9 Å². The fourth-order valence-electron chi connectivity index (χ4n) is 2.30. The summed E-state index contributed by atoms with van der Waals surface area (Å²) in [5.41, 5.74) is 5.79. The molecule has 0 aromatic heterocycles. The number of amides is 1. The third-order valence-corrected chi connectivity index (χ3v) is 3.59. The topological polar surface area (TPSA) is 92.4 Å². The van der Waals surface area contributed by atoms with Gasteiger partial charge in [-0.2, -0.15) is 0 Å². The number of rotatable bonds is 5. The molecule has 2 rings (SSSR count). The van der Waals surface area contributed by atoms with Crippen LogP contribution in [0.5, 0.6) is 0 Å². The lowest BCUT2D eigenvalue weighted by molar-refractivity contribution is -0.131. The van der Waals surface area contributed by atoms with Crippen LogP contribution in [0.2, 0.25) is 0 Å². The van der Waals surface area contributed by atoms with E-state index >= 15 is 0 Å². The van der Waals surface area contributed by atoms with Crippen LogP contribution in [0, 0.1) is 5.92 Å². The number of nitrogens with two attached hydrogens (primary N) is 1. The molecular formula is C12H20N2O3. The van der Waals surface area contributed by atoms with Gasteiger partial charge in [-0.15, -0.1) is 0 Å². The van der Waals surface area contributed by atoms with Crippen molar-refractivity contribution in [1.82, 2.24) is 5.32 Å². The molecule has 5 heteroatoms. The van der Waals surface area contributed by atoms with Gasteiger partial charge in [0.2, 0.25) is 0 Å². The van der Waals surface area contributed by atoms with Crippen LogP contribution in [0.25, 0.3) is 0 Å². The highest BCUT2D eigenvalue weighted by Gasteiger charge is 2.33. The Labute approximate surface area is 101 Å². The molecule has 96 valence electrons. The van der Waals surface area contributed by atoms with Gasteiger partial charge in [0.25, 0.3) is 5.91 Å². The molecule has 1 unspecified atom stereocenters. The largest absolute Gasteiger partial charge is 0.382 e. The number of nitrogens with one attached hydrogen (secondary N) is 1. The molecular weight excluding hydrogens is 220 g/mol. The van der Waals surface area contributed by atoms with Crippen molar-refractivity contribution in [2.45, 2.75) is 56.7 Å². The predicted molar refractivity (Wildman–Crippen MR) is 62.1 cm³/mol. The molecule has 4 N–H and O–H groups in total. The normalized spacial score (nSPS) is 27.9. The Morgan fingerprint density at radius 3 is 2.71 bits per heavy atom. The molecule has 2 aliphatic carbocycles. The molecule has 3 atom stereocenters. The number of hydrogen-bond donors (Lipinski definition) is 3. The maximum atomic E-state index is 11.6. The molecule has 2 saturated carbocycles. The molecule has 2 aliphatic rings. The number of ketones is 1. The lowest BCUT2D eigenvalue weighted by Gasteiger charge is -2.20. The van der Waals surface area contributed by atoms with Crippen LogP contribution >= 0.6 is 0 Å². The van der Waals surface area contributed by atoms with E-state index in [1.165, 1.54) is 0 Å². The summed E-state index contributed by atoms with van der Waals surface area (Å²) < 4.78 is 0. The lowest BCUT2D eigenvalue weighted by Crippen LogP contribution is -2.48. The minimum Gasteiger partial charge on any atom is -0.382 e. The van der Waals surface area contributed by atoms with Gasteiger partial charge in [-0.25, -0.2) is 0 Å². The first-order chi connectivity index (χ1) is 8.08. The summed E-state index contributed by atoms with van der Waals surface area (Å²) in [5.74, 6) is -0.242. The average Bonchev–Trinajstić information content (AvgIpc) is 3.02. The number of carbonyl (C=O) groups is 2. The molecule has 0 radical (unpaired) electrons. The molecule has 0 spiro atoms. The maximum absolute atomic E-state index is 11.6. The van der Waals surface area contributed by atoms with Crippen LogP contribution in [0.4, 0.5) is 0 Å². The maximum Gasteiger partial charge on any atom is 0.250 e. The number of carbonyl (C=O) groups excluding carboxylic acids is 2. The summed E-state index contributed by atoms with van der Waals surface area (Å²) in [4.78, 5) is 23.0. The van der Waals surface area contributed by atoms with Gasteiger partial charge in [0, 0.05) is 24.4 Å². The monoisotopic (exact) mass is 240 g/mol. The smallest absolute Gasteiger partial charge is 0.250 e. The Kier molecular flexibility index (Phi) is 3.79. The Balaban J connectivity index is 1.78. The quantitative estimate of drug-likeness (QED) is 0.616. The first-order valence-corrected chi connectivity index (χ1v) is 6.34. The van der Waals surface area contributed by atoms with Crippen molar-refractivity contribution < 1.29 is 14.7 Å². The Hall–Kier alpha value is -0.940. The van der Waals surface area contributed by atoms with E-state index in [9.17, 15) is 14.7 Å². The molecule has 17 heavy (non-hydrogen) atoms. The van der Waals surface area contributed by atoms with E-state index in [0.29, 0.717) is 12.8 Å². The minimum absolute atomic E-state index is 0.0617. The van der Waals surface area contributed by atoms with E-state index in [2.05, 4.69) is 5.32 Å². The van der Waals surface area contributed by atoms with Crippen molar-refractivity contribution in [3.8, 4) is 0 Å². The summed E-state index contributed by atoms with van der Waals surface area (Å²) in [6, 6.07) is -0.418. The molecule has 5 nitrogen and oxygen atoms in total. The second-order valence-electron chi connectivity index (χ2n) is 5.18. The molecule has 2 fully saturated rings. The van der Waals surface area contributed by atoms with Gasteiger partial charge < -0.3 is 16.2 Å². The van der Waals surface area contributed by atoms with Crippen molar-refractivity contribution in [2.75, 3.05) is 0 Å². The van der Waals surface area contributed by atoms with Crippen molar-refractivity contribution in [2.24, 2.45) is 11.7 Å². The van der Waals surface area contributed by atoms with Crippen LogP contribution in [0.15, 0.2) is 0 Å². The molecule has 0 aromatic carbocycles. The highest BCUT2D eigenvalue weighted by Crippen LogP contribution is 2.26. The molecule has 0 saturated heterocycles. The highest BCUT2D eigenvalue weighted by atomic mass is 16.3. The third kappa shape index (κ3) is 3.26. The van der Waals surface area contributed by atoms with Crippen LogP contribution in [0.1, 0.15) is 38.5 Å². The van der Waals surface area contributed by atoms with Gasteiger partial charge >= 0.3 is 0 Å². The van der Waals surface area contributed by atoms with Crippen molar-refractivity contribution >= 4 is 11.7 Å². The number of aliphatic hydroxyl groups is 1. The van der Waals surface area contributed by atoms with Crippen molar-refractivity contribution in [1.29, 1.82) is 0 Å². The van der Waals surface area contributed by atoms with Crippen LogP contribution in [-0.2, 0) is 9.59 Å². The molecule has 1 amide bonds. The van der Waals surface area contributed by atoms with Crippen molar-refractivity contribution in [3.63, 3.8) is 0 Å². The van der Waals surface area contributed by atoms with E-state index in [4.69, 9.17) is 5.73 Å². The second-order valence-corrected chi connectivity index (χ2v) is 5.18. The fourth-order valence-corrected chi connectivity index (χ4v) is 2.30. The zero-order valence-electron chi connectivity index (χ0n) is 9.89. The van der Waals surface area contributed by atoms with Crippen LogP contribution in [-0.4, -0.2) is 35.0 Å². The number of aliphatic hydroxyl groups excluding tert-OH is 1.